The predicted molar refractivity (Wildman–Crippen MR) is 182 cm³/mol. The molecule has 1 atom stereocenters. The molecule has 2 aliphatic heterocycles. The van der Waals surface area contributed by atoms with Crippen LogP contribution in [0.5, 0.6) is 0 Å². The number of fused-ring (bicyclic) bond motifs is 2. The fraction of sp³-hybridized carbons (Fsp3) is 0.485. The molecule has 15 heteroatoms. The van der Waals surface area contributed by atoms with Gasteiger partial charge in [0.2, 0.25) is 10.0 Å². The first kappa shape index (κ1) is 34.3. The van der Waals surface area contributed by atoms with Crippen LogP contribution in [0.1, 0.15) is 41.5 Å². The van der Waals surface area contributed by atoms with Gasteiger partial charge in [0, 0.05) is 85.6 Å². The standard InChI is InChI=1S/C33H39F3N8O2S2/c1-4-48(45,46)44-14-12-42(19-22(44)2)11-13-43-26(18-37)15-28-23(3)24(5-6-30(28)43)20-41-9-7-25(8-10-41)40-31-29-16-27(17-33(34,35)36)47-32(29)39-21-38-31/h4-6,15-16,21-22,25H,1,7-14,17,19-20H2,2-3H3,(H,38,39,40). The van der Waals surface area contributed by atoms with Crippen molar-refractivity contribution in [3.05, 3.63) is 64.3 Å². The average molecular weight is 701 g/mol. The molecule has 6 rings (SSSR count). The number of hydrogen-bond acceptors (Lipinski definition) is 9. The van der Waals surface area contributed by atoms with E-state index in [1.54, 1.807) is 6.07 Å². The van der Waals surface area contributed by atoms with Crippen LogP contribution in [0.25, 0.3) is 21.1 Å². The first-order chi connectivity index (χ1) is 22.8. The smallest absolute Gasteiger partial charge is 0.367 e. The fourth-order valence-electron chi connectivity index (χ4n) is 6.94. The highest BCUT2D eigenvalue weighted by Gasteiger charge is 2.31. The molecule has 0 amide bonds. The van der Waals surface area contributed by atoms with Gasteiger partial charge in [0.1, 0.15) is 28.7 Å². The predicted octanol–water partition coefficient (Wildman–Crippen LogP) is 5.49. The van der Waals surface area contributed by atoms with Gasteiger partial charge in [0.25, 0.3) is 0 Å². The molecule has 1 unspecified atom stereocenters. The van der Waals surface area contributed by atoms with Crippen molar-refractivity contribution >= 4 is 48.3 Å². The number of piperidine rings is 1. The SMILES string of the molecule is C=CS(=O)(=O)N1CCN(CCn2c(C#N)cc3c(C)c(CN4CCC(Nc5ncnc6sc(CC(F)(F)F)cc56)CC4)ccc32)CC1C. The van der Waals surface area contributed by atoms with E-state index in [0.717, 1.165) is 65.7 Å². The summed E-state index contributed by atoms with van der Waals surface area (Å²) in [4.78, 5) is 14.0. The molecule has 10 nitrogen and oxygen atoms in total. The number of nitrogens with one attached hydrogen (secondary N) is 1. The number of aryl methyl sites for hydroxylation is 1. The molecule has 0 bridgehead atoms. The van der Waals surface area contributed by atoms with E-state index in [4.69, 9.17) is 0 Å². The summed E-state index contributed by atoms with van der Waals surface area (Å²) in [6.07, 6.45) is -2.10. The number of rotatable bonds is 10. The Balaban J connectivity index is 1.07. The molecule has 4 aromatic rings. The zero-order valence-electron chi connectivity index (χ0n) is 27.0. The Morgan fingerprint density at radius 1 is 1.10 bits per heavy atom. The van der Waals surface area contributed by atoms with E-state index >= 15 is 0 Å². The normalized spacial score (nSPS) is 19.2. The van der Waals surface area contributed by atoms with Gasteiger partial charge < -0.3 is 9.88 Å². The van der Waals surface area contributed by atoms with Crippen molar-refractivity contribution in [2.24, 2.45) is 0 Å². The van der Waals surface area contributed by atoms with Crippen molar-refractivity contribution in [2.45, 2.75) is 64.5 Å². The number of halogens is 3. The Hall–Kier alpha value is -3.55. The molecular formula is C33H39F3N8O2S2. The molecule has 256 valence electrons. The number of hydrogen-bond donors (Lipinski definition) is 1. The molecule has 3 aromatic heterocycles. The summed E-state index contributed by atoms with van der Waals surface area (Å²) < 4.78 is 67.0. The zero-order valence-corrected chi connectivity index (χ0v) is 28.6. The molecule has 2 saturated heterocycles. The Kier molecular flexibility index (Phi) is 9.83. The van der Waals surface area contributed by atoms with Gasteiger partial charge in [-0.3, -0.25) is 9.80 Å². The monoisotopic (exact) mass is 700 g/mol. The molecule has 0 radical (unpaired) electrons. The first-order valence-electron chi connectivity index (χ1n) is 16.0. The minimum Gasteiger partial charge on any atom is -0.367 e. The number of nitriles is 1. The molecular weight excluding hydrogens is 662 g/mol. The van der Waals surface area contributed by atoms with Gasteiger partial charge in [0.15, 0.2) is 0 Å². The van der Waals surface area contributed by atoms with Crippen LogP contribution in [0.15, 0.2) is 42.6 Å². The third-order valence-corrected chi connectivity index (χ3v) is 12.1. The highest BCUT2D eigenvalue weighted by Crippen LogP contribution is 2.33. The largest absolute Gasteiger partial charge is 0.393 e. The summed E-state index contributed by atoms with van der Waals surface area (Å²) in [5, 5.41) is 16.1. The van der Waals surface area contributed by atoms with Crippen molar-refractivity contribution in [3.63, 3.8) is 0 Å². The molecule has 2 fully saturated rings. The summed E-state index contributed by atoms with van der Waals surface area (Å²) in [7, 11) is -3.46. The Morgan fingerprint density at radius 3 is 2.56 bits per heavy atom. The molecule has 5 heterocycles. The number of thiophene rings is 1. The highest BCUT2D eigenvalue weighted by molar-refractivity contribution is 7.92. The number of sulfonamides is 1. The zero-order chi connectivity index (χ0) is 34.2. The van der Waals surface area contributed by atoms with Gasteiger partial charge in [-0.15, -0.1) is 11.3 Å². The van der Waals surface area contributed by atoms with Gasteiger partial charge in [0.05, 0.1) is 11.8 Å². The number of nitrogens with zero attached hydrogens (tertiary/aromatic N) is 7. The third-order valence-electron chi connectivity index (χ3n) is 9.49. The minimum atomic E-state index is -4.27. The molecule has 0 aliphatic carbocycles. The van der Waals surface area contributed by atoms with E-state index in [1.165, 1.54) is 16.2 Å². The lowest BCUT2D eigenvalue weighted by atomic mass is 10.0. The fourth-order valence-corrected chi connectivity index (χ4v) is 9.06. The van der Waals surface area contributed by atoms with Crippen molar-refractivity contribution in [2.75, 3.05) is 44.6 Å². The van der Waals surface area contributed by atoms with Crippen molar-refractivity contribution in [1.82, 2.24) is 28.6 Å². The van der Waals surface area contributed by atoms with Crippen LogP contribution in [-0.2, 0) is 29.5 Å². The molecule has 48 heavy (non-hydrogen) atoms. The summed E-state index contributed by atoms with van der Waals surface area (Å²) in [6.45, 7) is 12.9. The van der Waals surface area contributed by atoms with Crippen LogP contribution < -0.4 is 5.32 Å². The molecule has 2 aliphatic rings. The Bertz CT molecular complexity index is 1960. The molecule has 1 N–H and O–H groups in total. The lowest BCUT2D eigenvalue weighted by molar-refractivity contribution is -0.126. The van der Waals surface area contributed by atoms with Crippen LogP contribution in [-0.4, -0.2) is 94.6 Å². The maximum Gasteiger partial charge on any atom is 0.393 e. The molecule has 0 saturated carbocycles. The summed E-state index contributed by atoms with van der Waals surface area (Å²) >= 11 is 1.05. The van der Waals surface area contributed by atoms with Crippen molar-refractivity contribution in [1.29, 1.82) is 5.26 Å². The van der Waals surface area contributed by atoms with E-state index in [1.807, 2.05) is 13.0 Å². The average Bonchev–Trinajstić information content (AvgIpc) is 3.62. The second kappa shape index (κ2) is 13.8. The third kappa shape index (κ3) is 7.37. The van der Waals surface area contributed by atoms with Crippen molar-refractivity contribution < 1.29 is 21.6 Å². The number of alkyl halides is 3. The summed E-state index contributed by atoms with van der Waals surface area (Å²) in [5.74, 6) is 0.583. The quantitative estimate of drug-likeness (QED) is 0.232. The second-order valence-corrected chi connectivity index (χ2v) is 15.6. The Labute approximate surface area is 282 Å². The molecule has 0 spiro atoms. The summed E-state index contributed by atoms with van der Waals surface area (Å²) in [6, 6.07) is 10.1. The van der Waals surface area contributed by atoms with E-state index in [9.17, 15) is 26.9 Å². The van der Waals surface area contributed by atoms with Crippen molar-refractivity contribution in [3.8, 4) is 6.07 Å². The van der Waals surface area contributed by atoms with Gasteiger partial charge >= 0.3 is 6.18 Å². The van der Waals surface area contributed by atoms with E-state index in [-0.39, 0.29) is 17.0 Å². The Morgan fingerprint density at radius 2 is 1.88 bits per heavy atom. The van der Waals surface area contributed by atoms with E-state index in [2.05, 4.69) is 61.4 Å². The van der Waals surface area contributed by atoms with Crippen LogP contribution in [0.3, 0.4) is 0 Å². The molecule has 1 aromatic carbocycles. The number of likely N-dealkylation sites (tertiary alicyclic amines) is 1. The van der Waals surface area contributed by atoms with E-state index in [0.29, 0.717) is 54.5 Å². The lowest BCUT2D eigenvalue weighted by Crippen LogP contribution is -2.53. The van der Waals surface area contributed by atoms with E-state index < -0.39 is 22.6 Å². The van der Waals surface area contributed by atoms with Gasteiger partial charge in [-0.25, -0.2) is 18.4 Å². The highest BCUT2D eigenvalue weighted by atomic mass is 32.2. The topological polar surface area (TPSA) is 110 Å². The van der Waals surface area contributed by atoms with Gasteiger partial charge in [-0.05, 0) is 56.0 Å². The van der Waals surface area contributed by atoms with Crippen LogP contribution in [0.2, 0.25) is 0 Å². The summed E-state index contributed by atoms with van der Waals surface area (Å²) in [5.41, 5.74) is 3.97. The number of anilines is 1. The second-order valence-electron chi connectivity index (χ2n) is 12.7. The van der Waals surface area contributed by atoms with Crippen LogP contribution >= 0.6 is 11.3 Å². The number of benzene rings is 1. The minimum absolute atomic E-state index is 0.151. The lowest BCUT2D eigenvalue weighted by Gasteiger charge is -2.38. The van der Waals surface area contributed by atoms with Gasteiger partial charge in [-0.1, -0.05) is 12.6 Å². The maximum absolute atomic E-state index is 12.9. The van der Waals surface area contributed by atoms with Gasteiger partial charge in [-0.2, -0.15) is 22.7 Å². The first-order valence-corrected chi connectivity index (χ1v) is 18.3. The number of aromatic nitrogens is 3. The van der Waals surface area contributed by atoms with Crippen LogP contribution in [0, 0.1) is 18.3 Å². The number of piperazine rings is 1. The van der Waals surface area contributed by atoms with Crippen LogP contribution in [0.4, 0.5) is 19.0 Å². The maximum atomic E-state index is 12.9.